The number of rotatable bonds is 8. The van der Waals surface area contributed by atoms with Crippen molar-refractivity contribution >= 4 is 28.5 Å². The zero-order chi connectivity index (χ0) is 29.1. The van der Waals surface area contributed by atoms with Gasteiger partial charge in [-0.2, -0.15) is 0 Å². The quantitative estimate of drug-likeness (QED) is 0.0873. The number of nitrogens with two attached hydrogens (primary N) is 2. The van der Waals surface area contributed by atoms with Crippen molar-refractivity contribution in [3.63, 3.8) is 0 Å². The average molecular weight is 559 g/mol. The summed E-state index contributed by atoms with van der Waals surface area (Å²) in [4.78, 5) is 27.8. The maximum atomic E-state index is 12.5. The number of allylic oxidation sites excluding steroid dienone is 2. The number of likely N-dealkylation sites (tertiary alicyclic amines) is 1. The Morgan fingerprint density at radius 2 is 1.64 bits per heavy atom. The molecular formula is C33H34N8O. The van der Waals surface area contributed by atoms with Gasteiger partial charge in [0.1, 0.15) is 0 Å². The molecule has 0 saturated carbocycles. The Kier molecular flexibility index (Phi) is 7.68. The van der Waals surface area contributed by atoms with E-state index in [0.717, 1.165) is 60.7 Å². The van der Waals surface area contributed by atoms with Crippen LogP contribution in [0.4, 0.5) is 11.4 Å². The minimum atomic E-state index is -0.0569. The van der Waals surface area contributed by atoms with Crippen LogP contribution in [0.15, 0.2) is 96.5 Å². The Balaban J connectivity index is 1.20. The number of aromatic nitrogens is 4. The van der Waals surface area contributed by atoms with Crippen molar-refractivity contribution in [2.75, 3.05) is 24.2 Å². The fourth-order valence-electron chi connectivity index (χ4n) is 5.58. The minimum absolute atomic E-state index is 0.0569. The highest BCUT2D eigenvalue weighted by molar-refractivity contribution is 5.91. The molecule has 6 N–H and O–H groups in total. The van der Waals surface area contributed by atoms with Crippen LogP contribution < -0.4 is 22.7 Å². The molecule has 0 atom stereocenters. The molecule has 1 aliphatic rings. The highest BCUT2D eigenvalue weighted by Gasteiger charge is 2.22. The number of nitrogens with one attached hydrogen (secondary N) is 2. The zero-order valence-electron chi connectivity index (χ0n) is 23.3. The van der Waals surface area contributed by atoms with Crippen molar-refractivity contribution in [3.05, 3.63) is 113 Å². The number of hydrogen-bond donors (Lipinski definition) is 4. The molecule has 9 heteroatoms. The van der Waals surface area contributed by atoms with Crippen LogP contribution in [0.1, 0.15) is 30.1 Å². The monoisotopic (exact) mass is 558 g/mol. The number of H-pyrrole nitrogens is 1. The summed E-state index contributed by atoms with van der Waals surface area (Å²) in [7, 11) is 0. The minimum Gasteiger partial charge on any atom is -0.397 e. The molecular weight excluding hydrogens is 524 g/mol. The van der Waals surface area contributed by atoms with Gasteiger partial charge in [-0.15, -0.1) is 0 Å². The normalized spacial score (nSPS) is 14.5. The third-order valence-corrected chi connectivity index (χ3v) is 7.80. The van der Waals surface area contributed by atoms with Crippen LogP contribution in [0, 0.1) is 0 Å². The van der Waals surface area contributed by atoms with Gasteiger partial charge in [0.15, 0.2) is 0 Å². The Bertz CT molecular complexity index is 1800. The molecule has 0 amide bonds. The van der Waals surface area contributed by atoms with E-state index in [0.29, 0.717) is 22.4 Å². The number of aromatic amines is 1. The van der Waals surface area contributed by atoms with Crippen molar-refractivity contribution in [2.45, 2.75) is 25.4 Å². The third kappa shape index (κ3) is 5.60. The molecule has 1 aliphatic heterocycles. The first-order chi connectivity index (χ1) is 20.5. The van der Waals surface area contributed by atoms with Gasteiger partial charge in [0.25, 0.3) is 0 Å². The lowest BCUT2D eigenvalue weighted by Gasteiger charge is -2.32. The van der Waals surface area contributed by atoms with Crippen molar-refractivity contribution in [3.8, 4) is 22.5 Å². The van der Waals surface area contributed by atoms with Crippen LogP contribution in [0.3, 0.4) is 0 Å². The standard InChI is InChI=1S/C33H34N8O/c1-2-3-9-25-21-41(33(42)36-25)26-14-16-40(17-15-26)20-22-10-12-24(13-11-22)32-31(23-7-5-4-6-8-23)38-30-19-28(39-35)27(34)18-29(30)37-32/h2-13,18-19,21,26,39H,1,14-17,20,34-35H2,(H,36,42)/b9-3-. The number of anilines is 2. The number of hydrogen-bond acceptors (Lipinski definition) is 7. The van der Waals surface area contributed by atoms with Gasteiger partial charge >= 0.3 is 5.69 Å². The van der Waals surface area contributed by atoms with Crippen molar-refractivity contribution in [1.82, 2.24) is 24.4 Å². The molecule has 0 aliphatic carbocycles. The highest BCUT2D eigenvalue weighted by Crippen LogP contribution is 2.33. The molecule has 0 unspecified atom stereocenters. The van der Waals surface area contributed by atoms with E-state index in [2.05, 4.69) is 46.2 Å². The summed E-state index contributed by atoms with van der Waals surface area (Å²) in [5, 5.41) is 0. The third-order valence-electron chi connectivity index (χ3n) is 7.80. The van der Waals surface area contributed by atoms with Crippen LogP contribution in [-0.2, 0) is 6.54 Å². The molecule has 1 saturated heterocycles. The molecule has 9 nitrogen and oxygen atoms in total. The topological polar surface area (TPSA) is 131 Å². The number of benzene rings is 3. The average Bonchev–Trinajstić information content (AvgIpc) is 3.40. The first-order valence-corrected chi connectivity index (χ1v) is 14.1. The van der Waals surface area contributed by atoms with Crippen LogP contribution in [0.2, 0.25) is 0 Å². The summed E-state index contributed by atoms with van der Waals surface area (Å²) < 4.78 is 1.84. The Hall–Kier alpha value is -4.99. The molecule has 42 heavy (non-hydrogen) atoms. The number of fused-ring (bicyclic) bond motifs is 1. The number of nitrogens with zero attached hydrogens (tertiary/aromatic N) is 4. The second-order valence-electron chi connectivity index (χ2n) is 10.6. The number of imidazole rings is 1. The summed E-state index contributed by atoms with van der Waals surface area (Å²) in [6.45, 7) is 6.39. The second-order valence-corrected chi connectivity index (χ2v) is 10.6. The van der Waals surface area contributed by atoms with Gasteiger partial charge in [-0.05, 0) is 36.6 Å². The summed E-state index contributed by atoms with van der Waals surface area (Å²) in [5.41, 5.74) is 16.9. The van der Waals surface area contributed by atoms with Crippen LogP contribution in [0.25, 0.3) is 39.6 Å². The lowest BCUT2D eigenvalue weighted by Crippen LogP contribution is -2.36. The zero-order valence-corrected chi connectivity index (χ0v) is 23.3. The van der Waals surface area contributed by atoms with Crippen molar-refractivity contribution < 1.29 is 0 Å². The first-order valence-electron chi connectivity index (χ1n) is 14.1. The predicted octanol–water partition coefficient (Wildman–Crippen LogP) is 5.36. The fourth-order valence-corrected chi connectivity index (χ4v) is 5.58. The predicted molar refractivity (Wildman–Crippen MR) is 170 cm³/mol. The van der Waals surface area contributed by atoms with Crippen molar-refractivity contribution in [1.29, 1.82) is 0 Å². The highest BCUT2D eigenvalue weighted by atomic mass is 16.1. The molecule has 3 heterocycles. The van der Waals surface area contributed by atoms with Gasteiger partial charge in [0.05, 0.1) is 39.5 Å². The molecule has 0 bridgehead atoms. The van der Waals surface area contributed by atoms with Gasteiger partial charge in [0.2, 0.25) is 0 Å². The first kappa shape index (κ1) is 27.2. The number of hydrazine groups is 1. The lowest BCUT2D eigenvalue weighted by molar-refractivity contribution is 0.178. The SMILES string of the molecule is C=C/C=C\c1cn(C2CCN(Cc3ccc(-c4nc5cc(N)c(NN)cc5nc4-c4ccccc4)cc3)CC2)c(=O)[nH]1. The maximum Gasteiger partial charge on any atom is 0.326 e. The molecule has 2 aromatic heterocycles. The number of piperidine rings is 1. The molecule has 212 valence electrons. The van der Waals surface area contributed by atoms with E-state index in [-0.39, 0.29) is 11.7 Å². The summed E-state index contributed by atoms with van der Waals surface area (Å²) in [5.74, 6) is 5.65. The summed E-state index contributed by atoms with van der Waals surface area (Å²) in [6.07, 6.45) is 9.15. The Morgan fingerprint density at radius 1 is 0.976 bits per heavy atom. The van der Waals surface area contributed by atoms with E-state index < -0.39 is 0 Å². The Morgan fingerprint density at radius 3 is 2.31 bits per heavy atom. The van der Waals surface area contributed by atoms with E-state index in [9.17, 15) is 4.79 Å². The smallest absolute Gasteiger partial charge is 0.326 e. The molecule has 3 aromatic carbocycles. The van der Waals surface area contributed by atoms with Gasteiger partial charge in [-0.1, -0.05) is 73.3 Å². The van der Waals surface area contributed by atoms with Crippen molar-refractivity contribution in [2.24, 2.45) is 5.84 Å². The largest absolute Gasteiger partial charge is 0.397 e. The summed E-state index contributed by atoms with van der Waals surface area (Å²) in [6, 6.07) is 22.4. The van der Waals surface area contributed by atoms with Crippen LogP contribution in [-0.4, -0.2) is 37.5 Å². The maximum absolute atomic E-state index is 12.5. The number of nitrogen functional groups attached to an aromatic ring is 2. The van der Waals surface area contributed by atoms with E-state index in [1.165, 1.54) is 5.56 Å². The molecule has 6 rings (SSSR count). The van der Waals surface area contributed by atoms with E-state index in [4.69, 9.17) is 21.5 Å². The molecule has 0 radical (unpaired) electrons. The van der Waals surface area contributed by atoms with Gasteiger partial charge in [-0.3, -0.25) is 15.3 Å². The van der Waals surface area contributed by atoms with Crippen LogP contribution in [0.5, 0.6) is 0 Å². The second kappa shape index (κ2) is 11.9. The van der Waals surface area contributed by atoms with Gasteiger partial charge in [0, 0.05) is 43.0 Å². The lowest BCUT2D eigenvalue weighted by atomic mass is 10.0. The van der Waals surface area contributed by atoms with E-state index in [1.807, 2.05) is 59.3 Å². The summed E-state index contributed by atoms with van der Waals surface area (Å²) >= 11 is 0. The van der Waals surface area contributed by atoms with Gasteiger partial charge < -0.3 is 16.1 Å². The molecule has 5 aromatic rings. The van der Waals surface area contributed by atoms with E-state index in [1.54, 1.807) is 12.1 Å². The Labute approximate surface area is 244 Å². The van der Waals surface area contributed by atoms with Gasteiger partial charge in [-0.25, -0.2) is 14.8 Å². The van der Waals surface area contributed by atoms with Crippen LogP contribution >= 0.6 is 0 Å². The fraction of sp³-hybridized carbons (Fsp3) is 0.182. The van der Waals surface area contributed by atoms with E-state index >= 15 is 0 Å². The molecule has 0 spiro atoms. The molecule has 1 fully saturated rings.